The molecule has 0 saturated heterocycles. The number of carbonyl (C=O) groups excluding carboxylic acids is 1. The lowest BCUT2D eigenvalue weighted by Gasteiger charge is -2.00. The lowest BCUT2D eigenvalue weighted by Crippen LogP contribution is -2.18. The molecule has 1 N–H and O–H groups in total. The summed E-state index contributed by atoms with van der Waals surface area (Å²) >= 11 is 9.16. The molecule has 0 aliphatic rings. The van der Waals surface area contributed by atoms with Crippen LogP contribution < -0.4 is 5.43 Å². The number of hydrogen-bond donors (Lipinski definition) is 1. The maximum Gasteiger partial charge on any atom is 0.274 e. The number of halogens is 2. The van der Waals surface area contributed by atoms with Crippen molar-refractivity contribution in [2.24, 2.45) is 5.10 Å². The minimum Gasteiger partial charge on any atom is -0.267 e. The summed E-state index contributed by atoms with van der Waals surface area (Å²) in [5, 5.41) is 4.02. The SMILES string of the molecule is O=C(N/N=C/c1cccc(Br)c1)c1cccnc1Cl. The van der Waals surface area contributed by atoms with E-state index in [0.29, 0.717) is 0 Å². The molecule has 1 amide bonds. The van der Waals surface area contributed by atoms with Gasteiger partial charge in [-0.2, -0.15) is 5.10 Å². The number of hydrazone groups is 1. The van der Waals surface area contributed by atoms with Gasteiger partial charge in [0.25, 0.3) is 5.91 Å². The molecular weight excluding hydrogens is 330 g/mol. The first-order chi connectivity index (χ1) is 9.16. The van der Waals surface area contributed by atoms with Gasteiger partial charge in [-0.1, -0.05) is 39.7 Å². The topological polar surface area (TPSA) is 54.4 Å². The van der Waals surface area contributed by atoms with E-state index in [0.717, 1.165) is 10.0 Å². The Hall–Kier alpha value is -1.72. The molecule has 1 heterocycles. The van der Waals surface area contributed by atoms with Crippen molar-refractivity contribution < 1.29 is 4.79 Å². The number of rotatable bonds is 3. The summed E-state index contributed by atoms with van der Waals surface area (Å²) in [4.78, 5) is 15.6. The second kappa shape index (κ2) is 6.45. The lowest BCUT2D eigenvalue weighted by molar-refractivity contribution is 0.0955. The summed E-state index contributed by atoms with van der Waals surface area (Å²) in [6, 6.07) is 10.8. The van der Waals surface area contributed by atoms with Gasteiger partial charge < -0.3 is 0 Å². The van der Waals surface area contributed by atoms with E-state index in [9.17, 15) is 4.79 Å². The van der Waals surface area contributed by atoms with Crippen molar-refractivity contribution in [1.82, 2.24) is 10.4 Å². The summed E-state index contributed by atoms with van der Waals surface area (Å²) in [5.74, 6) is -0.399. The molecular formula is C13H9BrClN3O. The van der Waals surface area contributed by atoms with Crippen LogP contribution in [0.25, 0.3) is 0 Å². The fourth-order valence-corrected chi connectivity index (χ4v) is 1.99. The van der Waals surface area contributed by atoms with Gasteiger partial charge in [0.15, 0.2) is 0 Å². The average Bonchev–Trinajstić information content (AvgIpc) is 2.39. The van der Waals surface area contributed by atoms with Crippen LogP contribution in [0.5, 0.6) is 0 Å². The van der Waals surface area contributed by atoms with Gasteiger partial charge in [-0.25, -0.2) is 10.4 Å². The molecule has 0 aliphatic carbocycles. The molecule has 0 saturated carbocycles. The van der Waals surface area contributed by atoms with Gasteiger partial charge in [0, 0.05) is 10.7 Å². The Bertz CT molecular complexity index is 631. The Balaban J connectivity index is 2.03. The lowest BCUT2D eigenvalue weighted by atomic mass is 10.2. The van der Waals surface area contributed by atoms with Crippen LogP contribution in [0.1, 0.15) is 15.9 Å². The maximum atomic E-state index is 11.8. The third kappa shape index (κ3) is 3.87. The predicted octanol–water partition coefficient (Wildman–Crippen LogP) is 3.26. The van der Waals surface area contributed by atoms with Gasteiger partial charge in [-0.05, 0) is 29.8 Å². The van der Waals surface area contributed by atoms with Crippen molar-refractivity contribution in [3.63, 3.8) is 0 Å². The van der Waals surface area contributed by atoms with Gasteiger partial charge in [-0.15, -0.1) is 0 Å². The van der Waals surface area contributed by atoms with Crippen LogP contribution in [-0.4, -0.2) is 17.1 Å². The normalized spacial score (nSPS) is 10.6. The van der Waals surface area contributed by atoms with E-state index >= 15 is 0 Å². The first kappa shape index (κ1) is 13.7. The molecule has 1 aromatic heterocycles. The van der Waals surface area contributed by atoms with Crippen molar-refractivity contribution >= 4 is 39.7 Å². The molecule has 2 rings (SSSR count). The number of nitrogens with one attached hydrogen (secondary N) is 1. The van der Waals surface area contributed by atoms with Gasteiger partial charge in [0.05, 0.1) is 11.8 Å². The van der Waals surface area contributed by atoms with Crippen molar-refractivity contribution in [1.29, 1.82) is 0 Å². The third-order valence-corrected chi connectivity index (χ3v) is 3.03. The van der Waals surface area contributed by atoms with E-state index in [1.165, 1.54) is 6.20 Å². The van der Waals surface area contributed by atoms with E-state index in [-0.39, 0.29) is 10.7 Å². The Labute approximate surface area is 123 Å². The first-order valence-corrected chi connectivity index (χ1v) is 6.53. The van der Waals surface area contributed by atoms with Crippen LogP contribution in [0, 0.1) is 0 Å². The van der Waals surface area contributed by atoms with Crippen LogP contribution >= 0.6 is 27.5 Å². The largest absolute Gasteiger partial charge is 0.274 e. The Morgan fingerprint density at radius 2 is 2.21 bits per heavy atom. The summed E-state index contributed by atoms with van der Waals surface area (Å²) in [7, 11) is 0. The fourth-order valence-electron chi connectivity index (χ4n) is 1.37. The molecule has 0 bridgehead atoms. The highest BCUT2D eigenvalue weighted by atomic mass is 79.9. The highest BCUT2D eigenvalue weighted by Gasteiger charge is 2.08. The molecule has 2 aromatic rings. The Morgan fingerprint density at radius 3 is 2.95 bits per heavy atom. The number of aromatic nitrogens is 1. The maximum absolute atomic E-state index is 11.8. The third-order valence-electron chi connectivity index (χ3n) is 2.23. The van der Waals surface area contributed by atoms with E-state index in [1.807, 2.05) is 24.3 Å². The average molecular weight is 339 g/mol. The molecule has 1 aromatic carbocycles. The molecule has 96 valence electrons. The quantitative estimate of drug-likeness (QED) is 0.530. The van der Waals surface area contributed by atoms with Crippen molar-refractivity contribution in [2.75, 3.05) is 0 Å². The van der Waals surface area contributed by atoms with Crippen molar-refractivity contribution in [2.45, 2.75) is 0 Å². The Kier molecular flexibility index (Phi) is 4.65. The molecule has 4 nitrogen and oxygen atoms in total. The second-order valence-electron chi connectivity index (χ2n) is 3.60. The molecule has 6 heteroatoms. The number of pyridine rings is 1. The zero-order valence-electron chi connectivity index (χ0n) is 9.68. The molecule has 0 unspecified atom stereocenters. The zero-order valence-corrected chi connectivity index (χ0v) is 12.0. The zero-order chi connectivity index (χ0) is 13.7. The van der Waals surface area contributed by atoms with Gasteiger partial charge in [0.1, 0.15) is 5.15 Å². The number of amides is 1. The van der Waals surface area contributed by atoms with Crippen LogP contribution in [0.15, 0.2) is 52.2 Å². The van der Waals surface area contributed by atoms with Crippen LogP contribution in [0.4, 0.5) is 0 Å². The van der Waals surface area contributed by atoms with Crippen LogP contribution in [0.3, 0.4) is 0 Å². The van der Waals surface area contributed by atoms with Crippen LogP contribution in [-0.2, 0) is 0 Å². The van der Waals surface area contributed by atoms with Crippen molar-refractivity contribution in [3.8, 4) is 0 Å². The molecule has 19 heavy (non-hydrogen) atoms. The number of benzene rings is 1. The first-order valence-electron chi connectivity index (χ1n) is 5.36. The minimum atomic E-state index is -0.399. The van der Waals surface area contributed by atoms with E-state index < -0.39 is 5.91 Å². The molecule has 0 radical (unpaired) electrons. The fraction of sp³-hybridized carbons (Fsp3) is 0. The second-order valence-corrected chi connectivity index (χ2v) is 4.87. The highest BCUT2D eigenvalue weighted by molar-refractivity contribution is 9.10. The predicted molar refractivity (Wildman–Crippen MR) is 78.4 cm³/mol. The number of carbonyl (C=O) groups is 1. The monoisotopic (exact) mass is 337 g/mol. The van der Waals surface area contributed by atoms with Gasteiger partial charge >= 0.3 is 0 Å². The summed E-state index contributed by atoms with van der Waals surface area (Å²) in [5.41, 5.74) is 3.55. The van der Waals surface area contributed by atoms with Crippen LogP contribution in [0.2, 0.25) is 5.15 Å². The van der Waals surface area contributed by atoms with E-state index in [1.54, 1.807) is 18.3 Å². The molecule has 0 atom stereocenters. The van der Waals surface area contributed by atoms with E-state index in [2.05, 4.69) is 31.4 Å². The van der Waals surface area contributed by atoms with Gasteiger partial charge in [0.2, 0.25) is 0 Å². The number of hydrogen-bond acceptors (Lipinski definition) is 3. The van der Waals surface area contributed by atoms with E-state index in [4.69, 9.17) is 11.6 Å². The smallest absolute Gasteiger partial charge is 0.267 e. The van der Waals surface area contributed by atoms with Gasteiger partial charge in [-0.3, -0.25) is 4.79 Å². The molecule has 0 fully saturated rings. The minimum absolute atomic E-state index is 0.151. The Morgan fingerprint density at radius 1 is 1.37 bits per heavy atom. The standard InChI is InChI=1S/C13H9BrClN3O/c14-10-4-1-3-9(7-10)8-17-18-13(19)11-5-2-6-16-12(11)15/h1-8H,(H,18,19)/b17-8+. The summed E-state index contributed by atoms with van der Waals surface area (Å²) in [6.07, 6.45) is 3.07. The molecule has 0 spiro atoms. The van der Waals surface area contributed by atoms with Crippen molar-refractivity contribution in [3.05, 3.63) is 63.3 Å². The highest BCUT2D eigenvalue weighted by Crippen LogP contribution is 2.11. The summed E-state index contributed by atoms with van der Waals surface area (Å²) < 4.78 is 0.943. The number of nitrogens with zero attached hydrogens (tertiary/aromatic N) is 2. The summed E-state index contributed by atoms with van der Waals surface area (Å²) in [6.45, 7) is 0. The molecule has 0 aliphatic heterocycles.